The van der Waals surface area contributed by atoms with Crippen molar-refractivity contribution in [3.8, 4) is 11.5 Å². The maximum Gasteiger partial charge on any atom is 0.345 e. The molecule has 0 spiro atoms. The summed E-state index contributed by atoms with van der Waals surface area (Å²) in [7, 11) is 3.02. The zero-order valence-electron chi connectivity index (χ0n) is 13.9. The van der Waals surface area contributed by atoms with Crippen LogP contribution >= 0.6 is 11.6 Å². The zero-order valence-corrected chi connectivity index (χ0v) is 14.6. The average molecular weight is 366 g/mol. The number of halogens is 1. The van der Waals surface area contributed by atoms with Gasteiger partial charge < -0.3 is 14.2 Å². The fraction of sp³-hybridized carbons (Fsp3) is 0.235. The number of carbonyl (C=O) groups excluding carboxylic acids is 1. The van der Waals surface area contributed by atoms with Crippen LogP contribution in [0.25, 0.3) is 0 Å². The molecule has 0 aromatic heterocycles. The predicted molar refractivity (Wildman–Crippen MR) is 91.5 cm³/mol. The minimum atomic E-state index is -0.830. The third-order valence-corrected chi connectivity index (χ3v) is 3.81. The van der Waals surface area contributed by atoms with Gasteiger partial charge in [-0.25, -0.2) is 4.79 Å². The summed E-state index contributed by atoms with van der Waals surface area (Å²) in [5.41, 5.74) is 0.954. The molecule has 7 nitrogen and oxygen atoms in total. The van der Waals surface area contributed by atoms with Gasteiger partial charge >= 0.3 is 5.97 Å². The first-order valence-electron chi connectivity index (χ1n) is 7.20. The van der Waals surface area contributed by atoms with Crippen LogP contribution in [-0.2, 0) is 11.3 Å². The van der Waals surface area contributed by atoms with Gasteiger partial charge in [-0.1, -0.05) is 11.6 Å². The largest absolute Gasteiger partial charge is 0.493 e. The quantitative estimate of drug-likeness (QED) is 0.438. The van der Waals surface area contributed by atoms with Crippen molar-refractivity contribution < 1.29 is 23.9 Å². The highest BCUT2D eigenvalue weighted by Crippen LogP contribution is 2.31. The van der Waals surface area contributed by atoms with Crippen LogP contribution in [0.15, 0.2) is 30.3 Å². The normalized spacial score (nSPS) is 10.2. The molecule has 0 N–H and O–H groups in total. The summed E-state index contributed by atoms with van der Waals surface area (Å²) in [6, 6.07) is 7.16. The van der Waals surface area contributed by atoms with E-state index in [1.54, 1.807) is 12.1 Å². The van der Waals surface area contributed by atoms with Crippen molar-refractivity contribution in [2.75, 3.05) is 14.2 Å². The van der Waals surface area contributed by atoms with Crippen LogP contribution < -0.4 is 9.47 Å². The number of ether oxygens (including phenoxy) is 3. The first kappa shape index (κ1) is 18.5. The van der Waals surface area contributed by atoms with Crippen molar-refractivity contribution in [3.63, 3.8) is 0 Å². The molecule has 0 atom stereocenters. The number of aryl methyl sites for hydroxylation is 1. The number of methoxy groups -OCH3 is 2. The summed E-state index contributed by atoms with van der Waals surface area (Å²) in [6.45, 7) is 1.75. The first-order chi connectivity index (χ1) is 11.9. The van der Waals surface area contributed by atoms with E-state index in [4.69, 9.17) is 25.8 Å². The highest BCUT2D eigenvalue weighted by Gasteiger charge is 2.22. The first-order valence-corrected chi connectivity index (χ1v) is 7.57. The number of nitro benzene ring substituents is 1. The fourth-order valence-electron chi connectivity index (χ4n) is 2.23. The van der Waals surface area contributed by atoms with Gasteiger partial charge in [0, 0.05) is 11.1 Å². The van der Waals surface area contributed by atoms with Gasteiger partial charge in [0.15, 0.2) is 11.5 Å². The molecule has 0 bridgehead atoms. The second-order valence-corrected chi connectivity index (χ2v) is 5.56. The molecule has 2 rings (SSSR count). The second kappa shape index (κ2) is 7.85. The van der Waals surface area contributed by atoms with Gasteiger partial charge in [0.05, 0.1) is 19.1 Å². The monoisotopic (exact) mass is 365 g/mol. The molecule has 0 unspecified atom stereocenters. The number of hydrogen-bond donors (Lipinski definition) is 0. The van der Waals surface area contributed by atoms with E-state index in [0.29, 0.717) is 17.1 Å². The topological polar surface area (TPSA) is 87.9 Å². The third kappa shape index (κ3) is 4.19. The molecule has 8 heteroatoms. The van der Waals surface area contributed by atoms with E-state index in [9.17, 15) is 14.9 Å². The minimum absolute atomic E-state index is 0.0747. The lowest BCUT2D eigenvalue weighted by Crippen LogP contribution is -2.09. The summed E-state index contributed by atoms with van der Waals surface area (Å²) in [6.07, 6.45) is 0. The molecule has 0 fully saturated rings. The van der Waals surface area contributed by atoms with E-state index in [1.807, 2.05) is 6.92 Å². The number of hydrogen-bond acceptors (Lipinski definition) is 6. The standard InChI is InChI=1S/C17H16ClNO6/c1-10-6-15(23-2)16(24-3)7-11(10)9-25-17(20)13-8-12(18)4-5-14(13)19(21)22/h4-8H,9H2,1-3H3. The number of carbonyl (C=O) groups is 1. The molecule has 0 heterocycles. The van der Waals surface area contributed by atoms with Gasteiger partial charge in [0.1, 0.15) is 12.2 Å². The van der Waals surface area contributed by atoms with Gasteiger partial charge in [0.25, 0.3) is 5.69 Å². The highest BCUT2D eigenvalue weighted by atomic mass is 35.5. The Kier molecular flexibility index (Phi) is 5.82. The number of rotatable bonds is 6. The summed E-state index contributed by atoms with van der Waals surface area (Å²) >= 11 is 5.82. The van der Waals surface area contributed by atoms with Crippen molar-refractivity contribution in [2.45, 2.75) is 13.5 Å². The summed E-state index contributed by atoms with van der Waals surface area (Å²) in [5.74, 6) is 0.219. The lowest BCUT2D eigenvalue weighted by molar-refractivity contribution is -0.385. The maximum absolute atomic E-state index is 12.2. The number of benzene rings is 2. The van der Waals surface area contributed by atoms with Crippen molar-refractivity contribution in [1.82, 2.24) is 0 Å². The number of nitro groups is 1. The summed E-state index contributed by atoms with van der Waals surface area (Å²) in [4.78, 5) is 22.6. The van der Waals surface area contributed by atoms with E-state index in [1.165, 1.54) is 32.4 Å². The summed E-state index contributed by atoms with van der Waals surface area (Å²) in [5, 5.41) is 11.3. The molecule has 25 heavy (non-hydrogen) atoms. The van der Waals surface area contributed by atoms with E-state index in [0.717, 1.165) is 5.56 Å². The number of esters is 1. The van der Waals surface area contributed by atoms with Gasteiger partial charge in [-0.15, -0.1) is 0 Å². The zero-order chi connectivity index (χ0) is 18.6. The van der Waals surface area contributed by atoms with Gasteiger partial charge in [0.2, 0.25) is 0 Å². The molecule has 0 aliphatic carbocycles. The van der Waals surface area contributed by atoms with Crippen LogP contribution in [0.5, 0.6) is 11.5 Å². The molecule has 0 aliphatic heterocycles. The maximum atomic E-state index is 12.2. The lowest BCUT2D eigenvalue weighted by atomic mass is 10.1. The number of nitrogens with zero attached hydrogens (tertiary/aromatic N) is 1. The Bertz CT molecular complexity index is 821. The van der Waals surface area contributed by atoms with Crippen molar-refractivity contribution in [1.29, 1.82) is 0 Å². The van der Waals surface area contributed by atoms with Crippen LogP contribution in [0.2, 0.25) is 5.02 Å². The molecular weight excluding hydrogens is 350 g/mol. The molecule has 2 aromatic rings. The Morgan fingerprint density at radius 1 is 1.16 bits per heavy atom. The van der Waals surface area contributed by atoms with Crippen LogP contribution in [0.3, 0.4) is 0 Å². The molecule has 0 saturated heterocycles. The van der Waals surface area contributed by atoms with Crippen molar-refractivity contribution >= 4 is 23.3 Å². The Morgan fingerprint density at radius 3 is 2.40 bits per heavy atom. The van der Waals surface area contributed by atoms with E-state index >= 15 is 0 Å². The highest BCUT2D eigenvalue weighted by molar-refractivity contribution is 6.31. The SMILES string of the molecule is COc1cc(C)c(COC(=O)c2cc(Cl)ccc2[N+](=O)[O-])cc1OC. The van der Waals surface area contributed by atoms with Crippen molar-refractivity contribution in [3.05, 3.63) is 62.2 Å². The second-order valence-electron chi connectivity index (χ2n) is 5.13. The Balaban J connectivity index is 2.24. The molecule has 0 aliphatic rings. The van der Waals surface area contributed by atoms with Gasteiger partial charge in [-0.05, 0) is 42.3 Å². The van der Waals surface area contributed by atoms with Crippen LogP contribution in [0, 0.1) is 17.0 Å². The lowest BCUT2D eigenvalue weighted by Gasteiger charge is -2.13. The molecule has 0 radical (unpaired) electrons. The molecule has 2 aromatic carbocycles. The molecular formula is C17H16ClNO6. The van der Waals surface area contributed by atoms with Crippen molar-refractivity contribution in [2.24, 2.45) is 0 Å². The molecule has 132 valence electrons. The van der Waals surface area contributed by atoms with E-state index in [2.05, 4.69) is 0 Å². The molecule has 0 saturated carbocycles. The van der Waals surface area contributed by atoms with Crippen LogP contribution in [-0.4, -0.2) is 25.1 Å². The van der Waals surface area contributed by atoms with E-state index in [-0.39, 0.29) is 22.9 Å². The van der Waals surface area contributed by atoms with E-state index < -0.39 is 10.9 Å². The smallest absolute Gasteiger partial charge is 0.345 e. The van der Waals surface area contributed by atoms with Gasteiger partial charge in [-0.3, -0.25) is 10.1 Å². The van der Waals surface area contributed by atoms with Crippen LogP contribution in [0.1, 0.15) is 21.5 Å². The summed E-state index contributed by atoms with van der Waals surface area (Å²) < 4.78 is 15.6. The minimum Gasteiger partial charge on any atom is -0.493 e. The predicted octanol–water partition coefficient (Wildman–Crippen LogP) is 3.93. The average Bonchev–Trinajstić information content (AvgIpc) is 2.59. The Morgan fingerprint density at radius 2 is 1.80 bits per heavy atom. The Hall–Kier alpha value is -2.80. The fourth-order valence-corrected chi connectivity index (χ4v) is 2.40. The third-order valence-electron chi connectivity index (χ3n) is 3.58. The van der Waals surface area contributed by atoms with Crippen LogP contribution in [0.4, 0.5) is 5.69 Å². The Labute approximate surface area is 149 Å². The molecule has 0 amide bonds. The van der Waals surface area contributed by atoms with Gasteiger partial charge in [-0.2, -0.15) is 0 Å².